The maximum absolute atomic E-state index is 12.1. The van der Waals surface area contributed by atoms with Crippen molar-refractivity contribution in [1.82, 2.24) is 4.98 Å². The van der Waals surface area contributed by atoms with Gasteiger partial charge in [0.05, 0.1) is 12.6 Å². The number of rotatable bonds is 3. The van der Waals surface area contributed by atoms with E-state index < -0.39 is 5.97 Å². The van der Waals surface area contributed by atoms with E-state index in [4.69, 9.17) is 9.84 Å². The lowest BCUT2D eigenvalue weighted by molar-refractivity contribution is -0.131. The lowest BCUT2D eigenvalue weighted by atomic mass is 10.00. The summed E-state index contributed by atoms with van der Waals surface area (Å²) in [4.78, 5) is 25.5. The number of carboxylic acids is 1. The van der Waals surface area contributed by atoms with Crippen molar-refractivity contribution in [3.63, 3.8) is 0 Å². The summed E-state index contributed by atoms with van der Waals surface area (Å²) < 4.78 is 5.25. The first-order chi connectivity index (χ1) is 9.45. The first-order valence-corrected chi connectivity index (χ1v) is 6.07. The lowest BCUT2D eigenvalue weighted by Crippen LogP contribution is -2.13. The Balaban J connectivity index is 2.85. The molecule has 0 fully saturated rings. The van der Waals surface area contributed by atoms with E-state index in [1.165, 1.54) is 13.2 Å². The molecule has 2 N–H and O–H groups in total. The highest BCUT2D eigenvalue weighted by molar-refractivity contribution is 5.93. The predicted molar refractivity (Wildman–Crippen MR) is 77.3 cm³/mol. The third-order valence-electron chi connectivity index (χ3n) is 3.25. The minimum absolute atomic E-state index is 0.337. The molecule has 5 nitrogen and oxygen atoms in total. The van der Waals surface area contributed by atoms with Crippen molar-refractivity contribution < 1.29 is 14.6 Å². The molecule has 0 aliphatic carbocycles. The number of methoxy groups -OCH3 is 1. The van der Waals surface area contributed by atoms with Crippen LogP contribution in [0, 0.1) is 13.8 Å². The largest absolute Gasteiger partial charge is 0.495 e. The molecule has 2 aromatic rings. The fourth-order valence-corrected chi connectivity index (χ4v) is 2.31. The number of aromatic nitrogens is 1. The molecule has 0 radical (unpaired) electrons. The third kappa shape index (κ3) is 2.30. The summed E-state index contributed by atoms with van der Waals surface area (Å²) in [6.45, 7) is 3.73. The van der Waals surface area contributed by atoms with Gasteiger partial charge in [-0.2, -0.15) is 0 Å². The molecule has 0 atom stereocenters. The highest BCUT2D eigenvalue weighted by Crippen LogP contribution is 2.29. The number of aliphatic carboxylic acids is 1. The van der Waals surface area contributed by atoms with E-state index in [0.717, 1.165) is 22.6 Å². The average Bonchev–Trinajstić information content (AvgIpc) is 2.38. The van der Waals surface area contributed by atoms with Gasteiger partial charge in [0.15, 0.2) is 0 Å². The smallest absolute Gasteiger partial charge is 0.328 e. The van der Waals surface area contributed by atoms with E-state index in [9.17, 15) is 9.59 Å². The van der Waals surface area contributed by atoms with Crippen LogP contribution >= 0.6 is 0 Å². The Hall–Kier alpha value is -2.56. The van der Waals surface area contributed by atoms with E-state index in [2.05, 4.69) is 4.98 Å². The number of carbonyl (C=O) groups is 1. The zero-order chi connectivity index (χ0) is 14.9. The van der Waals surface area contributed by atoms with Crippen LogP contribution in [0.2, 0.25) is 0 Å². The number of carboxylic acid groups (broad SMARTS) is 1. The van der Waals surface area contributed by atoms with Gasteiger partial charge in [0, 0.05) is 17.0 Å². The molecule has 0 unspecified atom stereocenters. The van der Waals surface area contributed by atoms with E-state index in [1.807, 2.05) is 13.0 Å². The summed E-state index contributed by atoms with van der Waals surface area (Å²) in [6.07, 6.45) is 2.27. The molecule has 1 aromatic carbocycles. The molecule has 0 saturated heterocycles. The van der Waals surface area contributed by atoms with Crippen molar-refractivity contribution in [1.29, 1.82) is 0 Å². The van der Waals surface area contributed by atoms with Crippen LogP contribution in [0.15, 0.2) is 23.0 Å². The zero-order valence-electron chi connectivity index (χ0n) is 11.5. The number of aryl methyl sites for hydroxylation is 2. The Morgan fingerprint density at radius 3 is 2.65 bits per heavy atom. The Labute approximate surface area is 115 Å². The molecule has 0 amide bonds. The van der Waals surface area contributed by atoms with Crippen LogP contribution in [-0.2, 0) is 4.79 Å². The number of aromatic amines is 1. The summed E-state index contributed by atoms with van der Waals surface area (Å²) in [6, 6.07) is 3.69. The molecule has 1 heterocycles. The quantitative estimate of drug-likeness (QED) is 0.841. The first kappa shape index (κ1) is 13.9. The average molecular weight is 273 g/mol. The second kappa shape index (κ2) is 5.21. The van der Waals surface area contributed by atoms with Crippen molar-refractivity contribution >= 4 is 22.9 Å². The SMILES string of the molecule is COc1ccc(C)c2c(C)c(/C=C/C(=O)O)c(=O)[nH]c12. The van der Waals surface area contributed by atoms with Gasteiger partial charge >= 0.3 is 5.97 Å². The van der Waals surface area contributed by atoms with Gasteiger partial charge in [-0.1, -0.05) is 6.07 Å². The van der Waals surface area contributed by atoms with Crippen molar-refractivity contribution in [3.8, 4) is 5.75 Å². The normalized spacial score (nSPS) is 11.2. The Morgan fingerprint density at radius 2 is 2.05 bits per heavy atom. The number of hydrogen-bond acceptors (Lipinski definition) is 3. The van der Waals surface area contributed by atoms with E-state index >= 15 is 0 Å². The molecule has 5 heteroatoms. The maximum Gasteiger partial charge on any atom is 0.328 e. The van der Waals surface area contributed by atoms with Crippen LogP contribution in [0.3, 0.4) is 0 Å². The number of nitrogens with one attached hydrogen (secondary N) is 1. The zero-order valence-corrected chi connectivity index (χ0v) is 11.5. The minimum atomic E-state index is -1.09. The van der Waals surface area contributed by atoms with Gasteiger partial charge in [0.1, 0.15) is 5.75 Å². The Kier molecular flexibility index (Phi) is 3.61. The van der Waals surface area contributed by atoms with Gasteiger partial charge < -0.3 is 14.8 Å². The summed E-state index contributed by atoms with van der Waals surface area (Å²) >= 11 is 0. The molecular formula is C15H15NO4. The van der Waals surface area contributed by atoms with Crippen LogP contribution in [0.4, 0.5) is 0 Å². The van der Waals surface area contributed by atoms with E-state index in [0.29, 0.717) is 16.8 Å². The fraction of sp³-hybridized carbons (Fsp3) is 0.200. The molecule has 1 aromatic heterocycles. The number of pyridine rings is 1. The molecule has 0 bridgehead atoms. The highest BCUT2D eigenvalue weighted by Gasteiger charge is 2.12. The van der Waals surface area contributed by atoms with Crippen molar-refractivity contribution in [2.24, 2.45) is 0 Å². The molecule has 20 heavy (non-hydrogen) atoms. The second-order valence-electron chi connectivity index (χ2n) is 4.50. The van der Waals surface area contributed by atoms with Crippen LogP contribution in [0.1, 0.15) is 16.7 Å². The summed E-state index contributed by atoms with van der Waals surface area (Å²) in [5.74, 6) is -0.508. The van der Waals surface area contributed by atoms with Gasteiger partial charge in [-0.05, 0) is 37.1 Å². The second-order valence-corrected chi connectivity index (χ2v) is 4.50. The molecule has 0 aliphatic heterocycles. The standard InChI is InChI=1S/C15H15NO4/c1-8-4-6-11(20-3)14-13(8)9(2)10(15(19)16-14)5-7-12(17)18/h4-7H,1-3H3,(H,16,19)(H,17,18)/b7-5+. The van der Waals surface area contributed by atoms with Gasteiger partial charge in [0.25, 0.3) is 5.56 Å². The van der Waals surface area contributed by atoms with Crippen molar-refractivity contribution in [2.45, 2.75) is 13.8 Å². The third-order valence-corrected chi connectivity index (χ3v) is 3.25. The summed E-state index contributed by atoms with van der Waals surface area (Å²) in [7, 11) is 1.54. The molecule has 0 aliphatic rings. The Morgan fingerprint density at radius 1 is 1.35 bits per heavy atom. The molecule has 104 valence electrons. The number of H-pyrrole nitrogens is 1. The van der Waals surface area contributed by atoms with Crippen molar-refractivity contribution in [3.05, 3.63) is 45.3 Å². The molecule has 0 saturated carbocycles. The first-order valence-electron chi connectivity index (χ1n) is 6.07. The molecular weight excluding hydrogens is 258 g/mol. The predicted octanol–water partition coefficient (Wildman–Crippen LogP) is 2.25. The Bertz CT molecular complexity index is 772. The van der Waals surface area contributed by atoms with Gasteiger partial charge in [-0.25, -0.2) is 4.79 Å². The van der Waals surface area contributed by atoms with E-state index in [1.54, 1.807) is 13.0 Å². The maximum atomic E-state index is 12.1. The van der Waals surface area contributed by atoms with Gasteiger partial charge in [-0.3, -0.25) is 4.79 Å². The topological polar surface area (TPSA) is 79.4 Å². The van der Waals surface area contributed by atoms with Crippen LogP contribution in [0.5, 0.6) is 5.75 Å². The molecule has 2 rings (SSSR count). The lowest BCUT2D eigenvalue weighted by Gasteiger charge is -2.11. The van der Waals surface area contributed by atoms with Gasteiger partial charge in [0.2, 0.25) is 0 Å². The van der Waals surface area contributed by atoms with E-state index in [-0.39, 0.29) is 5.56 Å². The number of fused-ring (bicyclic) bond motifs is 1. The minimum Gasteiger partial charge on any atom is -0.495 e. The van der Waals surface area contributed by atoms with Crippen LogP contribution in [0.25, 0.3) is 17.0 Å². The number of benzene rings is 1. The van der Waals surface area contributed by atoms with Crippen LogP contribution in [-0.4, -0.2) is 23.2 Å². The van der Waals surface area contributed by atoms with Crippen molar-refractivity contribution in [2.75, 3.05) is 7.11 Å². The molecule has 0 spiro atoms. The fourth-order valence-electron chi connectivity index (χ4n) is 2.31. The van der Waals surface area contributed by atoms with Gasteiger partial charge in [-0.15, -0.1) is 0 Å². The summed E-state index contributed by atoms with van der Waals surface area (Å²) in [5, 5.41) is 9.56. The van der Waals surface area contributed by atoms with Crippen LogP contribution < -0.4 is 10.3 Å². The number of hydrogen-bond donors (Lipinski definition) is 2. The number of ether oxygens (including phenoxy) is 1. The highest BCUT2D eigenvalue weighted by atomic mass is 16.5. The monoisotopic (exact) mass is 273 g/mol. The summed E-state index contributed by atoms with van der Waals surface area (Å²) in [5.41, 5.74) is 2.35.